The van der Waals surface area contributed by atoms with E-state index in [0.29, 0.717) is 11.5 Å². The monoisotopic (exact) mass is 267 g/mol. The average Bonchev–Trinajstić information content (AvgIpc) is 2.27. The second kappa shape index (κ2) is 5.94. The van der Waals surface area contributed by atoms with Gasteiger partial charge in [-0.05, 0) is 6.92 Å². The van der Waals surface area contributed by atoms with Crippen LogP contribution in [0.3, 0.4) is 0 Å². The first kappa shape index (κ1) is 14.6. The standard InChI is InChI=1S/C10H13F4N3O/c1-6-3-7(15-2)17-8(16-6)4-18-5-10(13,14)9(11)12/h3,9H,4-5H2,1-2H3,(H,15,16,17). The molecule has 4 nitrogen and oxygen atoms in total. The van der Waals surface area contributed by atoms with E-state index in [4.69, 9.17) is 0 Å². The molecule has 0 spiro atoms. The summed E-state index contributed by atoms with van der Waals surface area (Å²) >= 11 is 0. The van der Waals surface area contributed by atoms with E-state index in [1.54, 1.807) is 20.0 Å². The van der Waals surface area contributed by atoms with Crippen LogP contribution >= 0.6 is 0 Å². The van der Waals surface area contributed by atoms with Crippen molar-refractivity contribution in [3.8, 4) is 0 Å². The molecule has 1 aromatic rings. The summed E-state index contributed by atoms with van der Waals surface area (Å²) in [5.74, 6) is -3.50. The van der Waals surface area contributed by atoms with Gasteiger partial charge in [0, 0.05) is 18.8 Å². The molecule has 18 heavy (non-hydrogen) atoms. The Morgan fingerprint density at radius 2 is 2.06 bits per heavy atom. The molecule has 8 heteroatoms. The summed E-state index contributed by atoms with van der Waals surface area (Å²) in [5, 5.41) is 2.76. The van der Waals surface area contributed by atoms with E-state index >= 15 is 0 Å². The molecule has 0 bridgehead atoms. The fourth-order valence-corrected chi connectivity index (χ4v) is 1.16. The van der Waals surface area contributed by atoms with E-state index in [9.17, 15) is 17.6 Å². The van der Waals surface area contributed by atoms with Crippen molar-refractivity contribution >= 4 is 5.82 Å². The predicted octanol–water partition coefficient (Wildman–Crippen LogP) is 2.24. The minimum atomic E-state index is -4.16. The maximum atomic E-state index is 12.5. The molecule has 0 aromatic carbocycles. The quantitative estimate of drug-likeness (QED) is 0.803. The topological polar surface area (TPSA) is 47.0 Å². The van der Waals surface area contributed by atoms with Crippen LogP contribution in [0.5, 0.6) is 0 Å². The molecular weight excluding hydrogens is 254 g/mol. The normalized spacial score (nSPS) is 11.9. The van der Waals surface area contributed by atoms with Crippen LogP contribution in [0.25, 0.3) is 0 Å². The molecule has 0 saturated carbocycles. The summed E-state index contributed by atoms with van der Waals surface area (Å²) in [6.07, 6.45) is -3.75. The van der Waals surface area contributed by atoms with Gasteiger partial charge in [-0.1, -0.05) is 0 Å². The average molecular weight is 267 g/mol. The minimum Gasteiger partial charge on any atom is -0.373 e. The molecule has 102 valence electrons. The van der Waals surface area contributed by atoms with Crippen LogP contribution in [0.2, 0.25) is 0 Å². The zero-order chi connectivity index (χ0) is 13.8. The van der Waals surface area contributed by atoms with Crippen molar-refractivity contribution in [1.29, 1.82) is 0 Å². The lowest BCUT2D eigenvalue weighted by Crippen LogP contribution is -2.32. The first-order valence-electron chi connectivity index (χ1n) is 5.11. The largest absolute Gasteiger partial charge is 0.373 e. The molecule has 1 heterocycles. The van der Waals surface area contributed by atoms with Gasteiger partial charge in [-0.2, -0.15) is 8.78 Å². The molecule has 0 amide bonds. The van der Waals surface area contributed by atoms with Gasteiger partial charge >= 0.3 is 12.3 Å². The van der Waals surface area contributed by atoms with Gasteiger partial charge < -0.3 is 10.1 Å². The molecule has 1 N–H and O–H groups in total. The number of aromatic nitrogens is 2. The Labute approximate surface area is 101 Å². The number of aryl methyl sites for hydroxylation is 1. The molecule has 1 aromatic heterocycles. The van der Waals surface area contributed by atoms with Gasteiger partial charge in [0.2, 0.25) is 0 Å². The summed E-state index contributed by atoms with van der Waals surface area (Å²) in [6.45, 7) is -0.0185. The highest BCUT2D eigenvalue weighted by atomic mass is 19.3. The lowest BCUT2D eigenvalue weighted by Gasteiger charge is -2.14. The fraction of sp³-hybridized carbons (Fsp3) is 0.600. The van der Waals surface area contributed by atoms with Crippen molar-refractivity contribution in [1.82, 2.24) is 9.97 Å². The third kappa shape index (κ3) is 4.10. The zero-order valence-electron chi connectivity index (χ0n) is 9.88. The molecule has 0 aliphatic rings. The van der Waals surface area contributed by atoms with Crippen molar-refractivity contribution in [2.45, 2.75) is 25.9 Å². The molecule has 1 rings (SSSR count). The highest BCUT2D eigenvalue weighted by Gasteiger charge is 2.40. The number of halogens is 4. The second-order valence-electron chi connectivity index (χ2n) is 3.62. The van der Waals surface area contributed by atoms with Crippen LogP contribution in [0.4, 0.5) is 23.4 Å². The number of hydrogen-bond acceptors (Lipinski definition) is 4. The Bertz CT molecular complexity index is 401. The Hall–Kier alpha value is -1.44. The Morgan fingerprint density at radius 1 is 1.39 bits per heavy atom. The van der Waals surface area contributed by atoms with Crippen molar-refractivity contribution in [3.63, 3.8) is 0 Å². The summed E-state index contributed by atoms with van der Waals surface area (Å²) in [5.41, 5.74) is 0.619. The number of alkyl halides is 4. The molecule has 0 radical (unpaired) electrons. The van der Waals surface area contributed by atoms with Gasteiger partial charge in [0.1, 0.15) is 19.0 Å². The van der Waals surface area contributed by atoms with E-state index in [1.807, 2.05) is 0 Å². The number of nitrogens with one attached hydrogen (secondary N) is 1. The van der Waals surface area contributed by atoms with E-state index in [2.05, 4.69) is 20.0 Å². The maximum Gasteiger partial charge on any atom is 0.330 e. The number of rotatable bonds is 6. The van der Waals surface area contributed by atoms with Crippen molar-refractivity contribution < 1.29 is 22.3 Å². The molecule has 0 unspecified atom stereocenters. The van der Waals surface area contributed by atoms with E-state index < -0.39 is 19.0 Å². The Morgan fingerprint density at radius 3 is 2.61 bits per heavy atom. The maximum absolute atomic E-state index is 12.5. The van der Waals surface area contributed by atoms with Crippen LogP contribution in [0, 0.1) is 6.92 Å². The van der Waals surface area contributed by atoms with Gasteiger partial charge in [0.25, 0.3) is 0 Å². The van der Waals surface area contributed by atoms with Crippen LogP contribution in [-0.2, 0) is 11.3 Å². The number of anilines is 1. The number of hydrogen-bond donors (Lipinski definition) is 1. The number of ether oxygens (including phenoxy) is 1. The van der Waals surface area contributed by atoms with E-state index in [0.717, 1.165) is 0 Å². The highest BCUT2D eigenvalue weighted by molar-refractivity contribution is 5.34. The van der Waals surface area contributed by atoms with Gasteiger partial charge in [-0.25, -0.2) is 18.7 Å². The zero-order valence-corrected chi connectivity index (χ0v) is 9.88. The summed E-state index contributed by atoms with van der Waals surface area (Å²) in [4.78, 5) is 7.87. The van der Waals surface area contributed by atoms with E-state index in [-0.39, 0.29) is 12.4 Å². The molecule has 0 aliphatic heterocycles. The van der Waals surface area contributed by atoms with Gasteiger partial charge in [0.05, 0.1) is 0 Å². The Kier molecular flexibility index (Phi) is 4.83. The number of nitrogens with zero attached hydrogens (tertiary/aromatic N) is 2. The third-order valence-corrected chi connectivity index (χ3v) is 2.00. The highest BCUT2D eigenvalue weighted by Crippen LogP contribution is 2.23. The van der Waals surface area contributed by atoms with Gasteiger partial charge in [-0.3, -0.25) is 0 Å². The van der Waals surface area contributed by atoms with E-state index in [1.165, 1.54) is 0 Å². The minimum absolute atomic E-state index is 0.157. The molecule has 0 aliphatic carbocycles. The van der Waals surface area contributed by atoms with Crippen LogP contribution in [-0.4, -0.2) is 36.0 Å². The van der Waals surface area contributed by atoms with Crippen LogP contribution in [0.1, 0.15) is 11.5 Å². The summed E-state index contributed by atoms with van der Waals surface area (Å²) in [7, 11) is 1.64. The Balaban J connectivity index is 2.56. The summed E-state index contributed by atoms with van der Waals surface area (Å²) < 4.78 is 53.3. The SMILES string of the molecule is CNc1cc(C)nc(COCC(F)(F)C(F)F)n1. The fourth-order valence-electron chi connectivity index (χ4n) is 1.16. The predicted molar refractivity (Wildman–Crippen MR) is 56.9 cm³/mol. The van der Waals surface area contributed by atoms with Gasteiger partial charge in [-0.15, -0.1) is 0 Å². The molecule has 0 atom stereocenters. The third-order valence-electron chi connectivity index (χ3n) is 2.00. The van der Waals surface area contributed by atoms with Crippen LogP contribution < -0.4 is 5.32 Å². The van der Waals surface area contributed by atoms with Gasteiger partial charge in [0.15, 0.2) is 5.82 Å². The molecular formula is C10H13F4N3O. The smallest absolute Gasteiger partial charge is 0.330 e. The summed E-state index contributed by atoms with van der Waals surface area (Å²) in [6, 6.07) is 1.65. The first-order chi connectivity index (χ1) is 8.35. The van der Waals surface area contributed by atoms with Crippen molar-refractivity contribution in [3.05, 3.63) is 17.6 Å². The lowest BCUT2D eigenvalue weighted by atomic mass is 10.4. The lowest BCUT2D eigenvalue weighted by molar-refractivity contribution is -0.168. The molecule has 0 fully saturated rings. The van der Waals surface area contributed by atoms with Crippen molar-refractivity contribution in [2.75, 3.05) is 19.0 Å². The van der Waals surface area contributed by atoms with Crippen LogP contribution in [0.15, 0.2) is 6.07 Å². The second-order valence-corrected chi connectivity index (χ2v) is 3.62. The molecule has 0 saturated heterocycles. The van der Waals surface area contributed by atoms with Crippen molar-refractivity contribution in [2.24, 2.45) is 0 Å². The first-order valence-corrected chi connectivity index (χ1v) is 5.11.